The lowest BCUT2D eigenvalue weighted by Gasteiger charge is -2.16. The lowest BCUT2D eigenvalue weighted by molar-refractivity contribution is -0.114. The Labute approximate surface area is 184 Å². The molecule has 0 aliphatic rings. The monoisotopic (exact) mass is 429 g/mol. The number of anilines is 2. The van der Waals surface area contributed by atoms with E-state index in [0.29, 0.717) is 28.0 Å². The first-order valence-corrected chi connectivity index (χ1v) is 10.2. The zero-order valence-corrected chi connectivity index (χ0v) is 17.8. The van der Waals surface area contributed by atoms with Crippen molar-refractivity contribution in [3.8, 4) is 6.07 Å². The summed E-state index contributed by atoms with van der Waals surface area (Å²) in [6.45, 7) is 3.65. The number of aliphatic hydroxyl groups excluding tert-OH is 1. The lowest BCUT2D eigenvalue weighted by atomic mass is 10.1. The second kappa shape index (κ2) is 8.57. The van der Waals surface area contributed by atoms with Gasteiger partial charge in [-0.1, -0.05) is 12.1 Å². The minimum absolute atomic E-state index is 0.140. The van der Waals surface area contributed by atoms with E-state index in [1.165, 1.54) is 17.4 Å². The number of para-hydroxylation sites is 2. The van der Waals surface area contributed by atoms with Crippen molar-refractivity contribution >= 4 is 34.0 Å². The number of carbonyl (C=O) groups excluding carboxylic acids is 1. The Hall–Kier alpha value is -4.09. The zero-order chi connectivity index (χ0) is 22.8. The molecule has 0 saturated carbocycles. The Morgan fingerprint density at radius 1 is 1.12 bits per heavy atom. The average molecular weight is 429 g/mol. The van der Waals surface area contributed by atoms with Crippen LogP contribution in [0.15, 0.2) is 59.4 Å². The normalized spacial score (nSPS) is 11.9. The molecule has 1 atom stereocenters. The summed E-state index contributed by atoms with van der Waals surface area (Å²) in [5.41, 5.74) is 4.24. The van der Waals surface area contributed by atoms with Crippen molar-refractivity contribution in [2.75, 3.05) is 17.2 Å². The third-order valence-corrected chi connectivity index (χ3v) is 5.31. The number of carbonyl (C=O) groups is 1. The molecule has 4 aromatic rings. The van der Waals surface area contributed by atoms with Crippen molar-refractivity contribution in [3.05, 3.63) is 76.1 Å². The van der Waals surface area contributed by atoms with Crippen LogP contribution in [-0.2, 0) is 11.3 Å². The molecular weight excluding hydrogens is 406 g/mol. The third kappa shape index (κ3) is 3.94. The summed E-state index contributed by atoms with van der Waals surface area (Å²) < 4.78 is 3.36. The largest absolute Gasteiger partial charge is 0.389 e. The van der Waals surface area contributed by atoms with Gasteiger partial charge in [-0.15, -0.1) is 0 Å². The van der Waals surface area contributed by atoms with Crippen molar-refractivity contribution in [2.24, 2.45) is 0 Å². The molecule has 0 unspecified atom stereocenters. The molecule has 3 N–H and O–H groups in total. The number of amides is 1. The summed E-state index contributed by atoms with van der Waals surface area (Å²) in [6, 6.07) is 18.3. The molecule has 8 heteroatoms. The topological polar surface area (TPSA) is 112 Å². The summed E-state index contributed by atoms with van der Waals surface area (Å²) in [5, 5.41) is 26.4. The number of pyridine rings is 1. The summed E-state index contributed by atoms with van der Waals surface area (Å²) >= 11 is 0. The van der Waals surface area contributed by atoms with Gasteiger partial charge in [0, 0.05) is 30.9 Å². The van der Waals surface area contributed by atoms with Crippen molar-refractivity contribution in [1.82, 2.24) is 8.97 Å². The van der Waals surface area contributed by atoms with Crippen molar-refractivity contribution in [1.29, 1.82) is 5.26 Å². The summed E-state index contributed by atoms with van der Waals surface area (Å²) in [6.07, 6.45) is -0.785. The first-order chi connectivity index (χ1) is 15.4. The van der Waals surface area contributed by atoms with Crippen LogP contribution in [0, 0.1) is 18.3 Å². The number of nitriles is 1. The van der Waals surface area contributed by atoms with Crippen LogP contribution in [0.5, 0.6) is 0 Å². The van der Waals surface area contributed by atoms with Crippen LogP contribution < -0.4 is 16.2 Å². The molecule has 8 nitrogen and oxygen atoms in total. The number of nitrogens with one attached hydrogen (secondary N) is 2. The molecule has 1 amide bonds. The number of benzene rings is 2. The van der Waals surface area contributed by atoms with E-state index in [4.69, 9.17) is 0 Å². The maximum atomic E-state index is 12.7. The molecule has 0 spiro atoms. The predicted molar refractivity (Wildman–Crippen MR) is 124 cm³/mol. The number of nitrogens with zero attached hydrogens (tertiary/aromatic N) is 3. The number of imidazole rings is 1. The molecule has 0 aliphatic carbocycles. The van der Waals surface area contributed by atoms with Crippen LogP contribution in [0.1, 0.15) is 18.1 Å². The average Bonchev–Trinajstić information content (AvgIpc) is 3.08. The number of fused-ring (bicyclic) bond motifs is 3. The van der Waals surface area contributed by atoms with Crippen molar-refractivity contribution < 1.29 is 9.90 Å². The highest BCUT2D eigenvalue weighted by Crippen LogP contribution is 2.24. The molecule has 0 radical (unpaired) electrons. The van der Waals surface area contributed by atoms with Gasteiger partial charge in [-0.25, -0.2) is 0 Å². The van der Waals surface area contributed by atoms with Gasteiger partial charge in [-0.05, 0) is 48.9 Å². The van der Waals surface area contributed by atoms with Gasteiger partial charge in [0.1, 0.15) is 11.7 Å². The second-order valence-corrected chi connectivity index (χ2v) is 7.70. The molecule has 0 saturated heterocycles. The predicted octanol–water partition coefficient (Wildman–Crippen LogP) is 2.87. The Morgan fingerprint density at radius 3 is 2.44 bits per heavy atom. The molecule has 2 aromatic heterocycles. The molecule has 32 heavy (non-hydrogen) atoms. The summed E-state index contributed by atoms with van der Waals surface area (Å²) in [7, 11) is 0. The standard InChI is InChI=1S/C24H23N5O3/c1-15-11-23(32)29-22-6-4-3-5-21(22)28(24(29)20(15)12-25)14-19(31)13-26-17-7-9-18(10-8-17)27-16(2)30/h3-11,19,26,31H,13-14H2,1-2H3,(H,27,30)/t19-/m1/s1. The van der Waals surface area contributed by atoms with Gasteiger partial charge in [0.15, 0.2) is 0 Å². The Bertz CT molecular complexity index is 1410. The van der Waals surface area contributed by atoms with Crippen LogP contribution >= 0.6 is 0 Å². The van der Waals surface area contributed by atoms with E-state index in [1.54, 1.807) is 19.1 Å². The lowest BCUT2D eigenvalue weighted by Crippen LogP contribution is -2.25. The smallest absolute Gasteiger partial charge is 0.257 e. The number of aliphatic hydroxyl groups is 1. The van der Waals surface area contributed by atoms with Crippen molar-refractivity contribution in [3.63, 3.8) is 0 Å². The molecule has 0 fully saturated rings. The fraction of sp³-hybridized carbons (Fsp3) is 0.208. The van der Waals surface area contributed by atoms with Gasteiger partial charge >= 0.3 is 0 Å². The minimum atomic E-state index is -0.785. The Kier molecular flexibility index (Phi) is 5.67. The maximum absolute atomic E-state index is 12.7. The summed E-state index contributed by atoms with van der Waals surface area (Å²) in [5.74, 6) is -0.140. The van der Waals surface area contributed by atoms with Gasteiger partial charge in [0.25, 0.3) is 5.56 Å². The van der Waals surface area contributed by atoms with Gasteiger partial charge < -0.3 is 20.3 Å². The van der Waals surface area contributed by atoms with Gasteiger partial charge in [-0.3, -0.25) is 14.0 Å². The van der Waals surface area contributed by atoms with E-state index in [1.807, 2.05) is 41.0 Å². The second-order valence-electron chi connectivity index (χ2n) is 7.70. The number of hydrogen-bond donors (Lipinski definition) is 3. The highest BCUT2D eigenvalue weighted by molar-refractivity contribution is 5.88. The van der Waals surface area contributed by atoms with Crippen LogP contribution in [0.2, 0.25) is 0 Å². The van der Waals surface area contributed by atoms with Crippen LogP contribution in [0.4, 0.5) is 11.4 Å². The molecular formula is C24H23N5O3. The molecule has 2 aromatic carbocycles. The van der Waals surface area contributed by atoms with Gasteiger partial charge in [0.2, 0.25) is 5.91 Å². The van der Waals surface area contributed by atoms with Crippen LogP contribution in [-0.4, -0.2) is 32.6 Å². The fourth-order valence-electron chi connectivity index (χ4n) is 3.91. The minimum Gasteiger partial charge on any atom is -0.389 e. The molecule has 0 bridgehead atoms. The van der Waals surface area contributed by atoms with E-state index in [9.17, 15) is 20.0 Å². The maximum Gasteiger partial charge on any atom is 0.257 e. The van der Waals surface area contributed by atoms with Gasteiger partial charge in [-0.2, -0.15) is 5.26 Å². The van der Waals surface area contributed by atoms with E-state index in [0.717, 1.165) is 11.2 Å². The van der Waals surface area contributed by atoms with Crippen molar-refractivity contribution in [2.45, 2.75) is 26.5 Å². The fourth-order valence-corrected chi connectivity index (χ4v) is 3.91. The van der Waals surface area contributed by atoms with Crippen LogP contribution in [0.3, 0.4) is 0 Å². The quantitative estimate of drug-likeness (QED) is 0.436. The Morgan fingerprint density at radius 2 is 1.78 bits per heavy atom. The van der Waals surface area contributed by atoms with E-state index in [-0.39, 0.29) is 24.6 Å². The van der Waals surface area contributed by atoms with E-state index < -0.39 is 6.10 Å². The number of hydrogen-bond acceptors (Lipinski definition) is 5. The highest BCUT2D eigenvalue weighted by atomic mass is 16.3. The van der Waals surface area contributed by atoms with Crippen LogP contribution in [0.25, 0.3) is 16.7 Å². The van der Waals surface area contributed by atoms with Gasteiger partial charge in [0.05, 0.1) is 29.2 Å². The number of rotatable bonds is 6. The highest BCUT2D eigenvalue weighted by Gasteiger charge is 2.19. The first kappa shape index (κ1) is 21.2. The number of aryl methyl sites for hydroxylation is 1. The van der Waals surface area contributed by atoms with E-state index >= 15 is 0 Å². The first-order valence-electron chi connectivity index (χ1n) is 10.2. The van der Waals surface area contributed by atoms with E-state index in [2.05, 4.69) is 16.7 Å². The molecule has 162 valence electrons. The molecule has 2 heterocycles. The molecule has 4 rings (SSSR count). The zero-order valence-electron chi connectivity index (χ0n) is 17.8. The third-order valence-electron chi connectivity index (χ3n) is 5.31. The summed E-state index contributed by atoms with van der Waals surface area (Å²) in [4.78, 5) is 23.9. The molecule has 0 aliphatic heterocycles. The Balaban J connectivity index is 1.63. The SMILES string of the molecule is CC(=O)Nc1ccc(NC[C@@H](O)Cn2c3ccccc3n3c(=O)cc(C)c(C#N)c23)cc1. The number of aromatic nitrogens is 2.